The smallest absolute Gasteiger partial charge is 0.175 e. The molecule has 68 valence electrons. The summed E-state index contributed by atoms with van der Waals surface area (Å²) in [5.74, 6) is 0. The highest BCUT2D eigenvalue weighted by atomic mass is 16.5. The molecule has 0 aromatic carbocycles. The summed E-state index contributed by atoms with van der Waals surface area (Å²) in [6.07, 6.45) is 5.75. The summed E-state index contributed by atoms with van der Waals surface area (Å²) in [5, 5.41) is 3.22. The molecule has 1 rings (SSSR count). The summed E-state index contributed by atoms with van der Waals surface area (Å²) < 4.78 is 4.92. The molecule has 0 aromatic heterocycles. The normalized spacial score (nSPS) is 21.8. The van der Waals surface area contributed by atoms with E-state index in [4.69, 9.17) is 4.74 Å². The van der Waals surface area contributed by atoms with Crippen molar-refractivity contribution in [2.24, 2.45) is 4.99 Å². The average molecular weight is 169 g/mol. The van der Waals surface area contributed by atoms with E-state index in [1.165, 1.54) is 0 Å². The fourth-order valence-corrected chi connectivity index (χ4v) is 0.979. The van der Waals surface area contributed by atoms with E-state index in [2.05, 4.69) is 10.3 Å². The Kier molecular flexibility index (Phi) is 3.76. The van der Waals surface area contributed by atoms with E-state index in [0.29, 0.717) is 6.61 Å². The molecule has 0 radical (unpaired) electrons. The fraction of sp³-hybridized carbons (Fsp3) is 0.625. The van der Waals surface area contributed by atoms with E-state index in [-0.39, 0.29) is 6.29 Å². The Hall–Kier alpha value is -0.870. The molecule has 1 atom stereocenters. The number of allylic oxidation sites excluding steroid dienone is 1. The lowest BCUT2D eigenvalue weighted by molar-refractivity contribution is 0.182. The zero-order valence-electron chi connectivity index (χ0n) is 7.53. The van der Waals surface area contributed by atoms with Gasteiger partial charge in [-0.1, -0.05) is 0 Å². The molecule has 0 fully saturated rings. The van der Waals surface area contributed by atoms with Gasteiger partial charge in [-0.3, -0.25) is 10.3 Å². The zero-order valence-corrected chi connectivity index (χ0v) is 7.53. The number of hydrogen-bond acceptors (Lipinski definition) is 4. The van der Waals surface area contributed by atoms with Gasteiger partial charge in [0.05, 0.1) is 6.61 Å². The number of ether oxygens (including phenoxy) is 1. The predicted octanol–water partition coefficient (Wildman–Crippen LogP) is 0.0359. The second-order valence-electron chi connectivity index (χ2n) is 2.63. The third-order valence-electron chi connectivity index (χ3n) is 1.65. The molecule has 0 unspecified atom stereocenters. The van der Waals surface area contributed by atoms with Crippen LogP contribution in [0.3, 0.4) is 0 Å². The number of nitrogens with zero attached hydrogens (tertiary/aromatic N) is 2. The van der Waals surface area contributed by atoms with Gasteiger partial charge in [0.1, 0.15) is 0 Å². The molecule has 0 saturated carbocycles. The molecule has 0 bridgehead atoms. The molecule has 0 saturated heterocycles. The van der Waals surface area contributed by atoms with Crippen LogP contribution < -0.4 is 5.32 Å². The van der Waals surface area contributed by atoms with Crippen LogP contribution in [-0.4, -0.2) is 44.7 Å². The zero-order chi connectivity index (χ0) is 8.81. The lowest BCUT2D eigenvalue weighted by Crippen LogP contribution is -2.41. The topological polar surface area (TPSA) is 36.9 Å². The van der Waals surface area contributed by atoms with Gasteiger partial charge in [-0.05, 0) is 6.08 Å². The quantitative estimate of drug-likeness (QED) is 0.603. The van der Waals surface area contributed by atoms with Crippen LogP contribution in [0.15, 0.2) is 17.3 Å². The molecule has 1 N–H and O–H groups in total. The molecule has 0 aromatic rings. The first kappa shape index (κ1) is 9.22. The van der Waals surface area contributed by atoms with Gasteiger partial charge in [0.2, 0.25) is 0 Å². The average Bonchev–Trinajstić information content (AvgIpc) is 2.09. The third-order valence-corrected chi connectivity index (χ3v) is 1.65. The lowest BCUT2D eigenvalue weighted by atomic mass is 10.5. The van der Waals surface area contributed by atoms with Crippen molar-refractivity contribution in [3.05, 3.63) is 12.3 Å². The molecule has 1 aliphatic rings. The summed E-state index contributed by atoms with van der Waals surface area (Å²) in [6.45, 7) is 1.53. The van der Waals surface area contributed by atoms with Crippen LogP contribution in [0.4, 0.5) is 0 Å². The van der Waals surface area contributed by atoms with Gasteiger partial charge in [0.25, 0.3) is 0 Å². The van der Waals surface area contributed by atoms with Crippen LogP contribution in [0.1, 0.15) is 0 Å². The standard InChI is InChI=1S/C8H15N3O/c1-11-6-3-4-9-8(11)10-5-7-12-2/h3-4,6,8,10H,5,7H2,1-2H3/t8-/m1/s1. The SMILES string of the molecule is COCCN[C@H]1N=CC=CN1C. The number of rotatable bonds is 4. The Balaban J connectivity index is 2.23. The monoisotopic (exact) mass is 169 g/mol. The second kappa shape index (κ2) is 4.90. The van der Waals surface area contributed by atoms with Crippen molar-refractivity contribution in [2.75, 3.05) is 27.3 Å². The number of nitrogens with one attached hydrogen (secondary N) is 1. The molecule has 0 amide bonds. The maximum absolute atomic E-state index is 4.92. The molecule has 0 aliphatic carbocycles. The fourth-order valence-electron chi connectivity index (χ4n) is 0.979. The first-order chi connectivity index (χ1) is 5.84. The van der Waals surface area contributed by atoms with Crippen LogP contribution in [-0.2, 0) is 4.74 Å². The van der Waals surface area contributed by atoms with Gasteiger partial charge in [0, 0.05) is 33.1 Å². The lowest BCUT2D eigenvalue weighted by Gasteiger charge is -2.25. The molecular formula is C8H15N3O. The molecule has 1 aliphatic heterocycles. The van der Waals surface area contributed by atoms with Gasteiger partial charge in [0.15, 0.2) is 6.29 Å². The molecule has 1 heterocycles. The molecule has 4 heteroatoms. The van der Waals surface area contributed by atoms with Crippen molar-refractivity contribution in [1.82, 2.24) is 10.2 Å². The van der Waals surface area contributed by atoms with Crippen molar-refractivity contribution in [1.29, 1.82) is 0 Å². The highest BCUT2D eigenvalue weighted by Crippen LogP contribution is 1.98. The minimum Gasteiger partial charge on any atom is -0.383 e. The van der Waals surface area contributed by atoms with E-state index in [0.717, 1.165) is 6.54 Å². The maximum atomic E-state index is 4.92. The Morgan fingerprint density at radius 3 is 3.17 bits per heavy atom. The number of hydrogen-bond donors (Lipinski definition) is 1. The summed E-state index contributed by atoms with van der Waals surface area (Å²) in [7, 11) is 3.67. The van der Waals surface area contributed by atoms with Crippen molar-refractivity contribution >= 4 is 6.21 Å². The maximum Gasteiger partial charge on any atom is 0.175 e. The van der Waals surface area contributed by atoms with Crippen LogP contribution in [0.25, 0.3) is 0 Å². The van der Waals surface area contributed by atoms with Gasteiger partial charge in [-0.15, -0.1) is 0 Å². The van der Waals surface area contributed by atoms with Gasteiger partial charge in [-0.25, -0.2) is 0 Å². The highest BCUT2D eigenvalue weighted by molar-refractivity contribution is 5.71. The van der Waals surface area contributed by atoms with Gasteiger partial charge < -0.3 is 9.64 Å². The van der Waals surface area contributed by atoms with Crippen molar-refractivity contribution < 1.29 is 4.74 Å². The number of methoxy groups -OCH3 is 1. The van der Waals surface area contributed by atoms with Crippen LogP contribution in [0.5, 0.6) is 0 Å². The third kappa shape index (κ3) is 2.64. The van der Waals surface area contributed by atoms with Gasteiger partial charge in [-0.2, -0.15) is 0 Å². The van der Waals surface area contributed by atoms with E-state index in [1.807, 2.05) is 24.2 Å². The van der Waals surface area contributed by atoms with Crippen LogP contribution in [0.2, 0.25) is 0 Å². The predicted molar refractivity (Wildman–Crippen MR) is 49.1 cm³/mol. The number of aliphatic imine (C=N–C) groups is 1. The Bertz CT molecular complexity index is 179. The van der Waals surface area contributed by atoms with Gasteiger partial charge >= 0.3 is 0 Å². The Morgan fingerprint density at radius 1 is 1.67 bits per heavy atom. The van der Waals surface area contributed by atoms with Crippen LogP contribution >= 0.6 is 0 Å². The first-order valence-electron chi connectivity index (χ1n) is 3.99. The van der Waals surface area contributed by atoms with Crippen molar-refractivity contribution in [3.63, 3.8) is 0 Å². The molecule has 12 heavy (non-hydrogen) atoms. The minimum absolute atomic E-state index is 0.0603. The van der Waals surface area contributed by atoms with E-state index < -0.39 is 0 Å². The summed E-state index contributed by atoms with van der Waals surface area (Å²) in [5.41, 5.74) is 0. The van der Waals surface area contributed by atoms with Crippen molar-refractivity contribution in [2.45, 2.75) is 6.29 Å². The van der Waals surface area contributed by atoms with Crippen LogP contribution in [0, 0.1) is 0 Å². The second-order valence-corrected chi connectivity index (χ2v) is 2.63. The van der Waals surface area contributed by atoms with E-state index >= 15 is 0 Å². The summed E-state index contributed by atoms with van der Waals surface area (Å²) in [6, 6.07) is 0. The van der Waals surface area contributed by atoms with E-state index in [9.17, 15) is 0 Å². The minimum atomic E-state index is 0.0603. The molecule has 4 nitrogen and oxygen atoms in total. The largest absolute Gasteiger partial charge is 0.383 e. The molecule has 0 spiro atoms. The summed E-state index contributed by atoms with van der Waals surface area (Å²) >= 11 is 0. The highest BCUT2D eigenvalue weighted by Gasteiger charge is 2.08. The first-order valence-corrected chi connectivity index (χ1v) is 3.99. The Morgan fingerprint density at radius 2 is 2.50 bits per heavy atom. The van der Waals surface area contributed by atoms with Crippen molar-refractivity contribution in [3.8, 4) is 0 Å². The Labute approximate surface area is 72.9 Å². The molecular weight excluding hydrogens is 154 g/mol. The summed E-state index contributed by atoms with van der Waals surface area (Å²) in [4.78, 5) is 6.24. The van der Waals surface area contributed by atoms with E-state index in [1.54, 1.807) is 13.3 Å².